The molecule has 0 atom stereocenters. The van der Waals surface area contributed by atoms with Crippen molar-refractivity contribution in [3.05, 3.63) is 58.7 Å². The zero-order valence-electron chi connectivity index (χ0n) is 18.8. The number of aromatic hydroxyl groups is 1. The molecule has 3 N–H and O–H groups in total. The van der Waals surface area contributed by atoms with Crippen molar-refractivity contribution in [1.82, 2.24) is 10.9 Å². The second-order valence-corrected chi connectivity index (χ2v) is 9.32. The molecular weight excluding hydrogens is 394 g/mol. The van der Waals surface area contributed by atoms with Crippen LogP contribution in [0.15, 0.2) is 36.4 Å². The molecule has 2 rings (SSSR count). The third-order valence-electron chi connectivity index (χ3n) is 4.67. The summed E-state index contributed by atoms with van der Waals surface area (Å²) in [6.45, 7) is 11.4. The molecule has 7 nitrogen and oxygen atoms in total. The van der Waals surface area contributed by atoms with E-state index in [0.717, 1.165) is 0 Å². The van der Waals surface area contributed by atoms with Crippen LogP contribution in [0.2, 0.25) is 0 Å². The number of hydrogen-bond acceptors (Lipinski definition) is 5. The van der Waals surface area contributed by atoms with Crippen molar-refractivity contribution in [2.75, 3.05) is 6.61 Å². The Balaban J connectivity index is 2.13. The van der Waals surface area contributed by atoms with Crippen molar-refractivity contribution >= 4 is 11.8 Å². The highest BCUT2D eigenvalue weighted by Crippen LogP contribution is 2.39. The van der Waals surface area contributed by atoms with E-state index in [0.29, 0.717) is 22.3 Å². The van der Waals surface area contributed by atoms with Crippen molar-refractivity contribution < 1.29 is 19.4 Å². The van der Waals surface area contributed by atoms with E-state index in [1.807, 2.05) is 47.6 Å². The molecule has 0 fully saturated rings. The van der Waals surface area contributed by atoms with Crippen molar-refractivity contribution in [3.8, 4) is 17.6 Å². The molecule has 2 aromatic carbocycles. The number of ether oxygens (including phenoxy) is 1. The summed E-state index contributed by atoms with van der Waals surface area (Å²) in [7, 11) is 0. The predicted molar refractivity (Wildman–Crippen MR) is 118 cm³/mol. The highest BCUT2D eigenvalue weighted by molar-refractivity contribution is 5.96. The Kier molecular flexibility index (Phi) is 6.96. The lowest BCUT2D eigenvalue weighted by Crippen LogP contribution is -2.44. The molecular formula is C24H29N3O4. The van der Waals surface area contributed by atoms with Crippen molar-refractivity contribution in [2.45, 2.75) is 52.4 Å². The number of hydrogen-bond donors (Lipinski definition) is 3. The highest BCUT2D eigenvalue weighted by Gasteiger charge is 2.27. The molecule has 0 radical (unpaired) electrons. The maximum Gasteiger partial charge on any atom is 0.276 e. The molecule has 0 aliphatic rings. The Morgan fingerprint density at radius 1 is 1.00 bits per heavy atom. The van der Waals surface area contributed by atoms with Gasteiger partial charge in [0.25, 0.3) is 11.8 Å². The molecule has 0 aromatic heterocycles. The number of phenols is 1. The molecule has 2 amide bonds. The Labute approximate surface area is 183 Å². The van der Waals surface area contributed by atoms with Crippen LogP contribution >= 0.6 is 0 Å². The van der Waals surface area contributed by atoms with Gasteiger partial charge in [-0.25, -0.2) is 0 Å². The van der Waals surface area contributed by atoms with E-state index in [4.69, 9.17) is 10.00 Å². The van der Waals surface area contributed by atoms with Gasteiger partial charge in [0.1, 0.15) is 17.6 Å². The van der Waals surface area contributed by atoms with E-state index in [2.05, 4.69) is 10.9 Å². The number of phenolic OH excluding ortho intramolecular Hbond substituents is 1. The lowest BCUT2D eigenvalue weighted by atomic mass is 9.78. The molecule has 0 aliphatic heterocycles. The number of nitriles is 1. The number of hydrazine groups is 1. The van der Waals surface area contributed by atoms with Crippen LogP contribution in [0.1, 0.15) is 68.6 Å². The summed E-state index contributed by atoms with van der Waals surface area (Å²) in [6.07, 6.45) is 0. The Bertz CT molecular complexity index is 989. The average molecular weight is 424 g/mol. The van der Waals surface area contributed by atoms with Crippen molar-refractivity contribution in [3.63, 3.8) is 0 Å². The van der Waals surface area contributed by atoms with E-state index in [1.54, 1.807) is 36.4 Å². The van der Waals surface area contributed by atoms with E-state index >= 15 is 0 Å². The minimum atomic E-state index is -0.577. The van der Waals surface area contributed by atoms with Gasteiger partial charge in [-0.1, -0.05) is 53.7 Å². The fraction of sp³-hybridized carbons (Fsp3) is 0.375. The molecule has 0 unspecified atom stereocenters. The Morgan fingerprint density at radius 2 is 1.55 bits per heavy atom. The molecule has 164 valence electrons. The SMILES string of the molecule is CC(C)(C)c1cc(C(=O)NNC(=O)COc2ccccc2C#N)cc(C(C)(C)C)c1O. The number of para-hydroxylation sites is 1. The molecule has 0 heterocycles. The Hall–Kier alpha value is -3.53. The topological polar surface area (TPSA) is 111 Å². The summed E-state index contributed by atoms with van der Waals surface area (Å²) in [5.74, 6) is -0.631. The number of amides is 2. The third-order valence-corrected chi connectivity index (χ3v) is 4.67. The number of nitrogens with one attached hydrogen (secondary N) is 2. The lowest BCUT2D eigenvalue weighted by molar-refractivity contribution is -0.123. The van der Waals surface area contributed by atoms with Gasteiger partial charge in [0.15, 0.2) is 6.61 Å². The zero-order valence-corrected chi connectivity index (χ0v) is 18.8. The molecule has 7 heteroatoms. The van der Waals surface area contributed by atoms with Crippen LogP contribution in [0, 0.1) is 11.3 Å². The summed E-state index contributed by atoms with van der Waals surface area (Å²) >= 11 is 0. The van der Waals surface area contributed by atoms with Crippen molar-refractivity contribution in [2.24, 2.45) is 0 Å². The molecule has 31 heavy (non-hydrogen) atoms. The first-order valence-electron chi connectivity index (χ1n) is 9.93. The van der Waals surface area contributed by atoms with Gasteiger partial charge in [-0.05, 0) is 35.1 Å². The van der Waals surface area contributed by atoms with E-state index in [9.17, 15) is 14.7 Å². The second-order valence-electron chi connectivity index (χ2n) is 9.32. The summed E-state index contributed by atoms with van der Waals surface area (Å²) < 4.78 is 5.35. The lowest BCUT2D eigenvalue weighted by Gasteiger charge is -2.28. The zero-order chi connectivity index (χ0) is 23.4. The Morgan fingerprint density at radius 3 is 2.06 bits per heavy atom. The molecule has 0 bridgehead atoms. The van der Waals surface area contributed by atoms with Gasteiger partial charge >= 0.3 is 0 Å². The summed E-state index contributed by atoms with van der Waals surface area (Å²) in [5, 5.41) is 19.8. The monoisotopic (exact) mass is 423 g/mol. The fourth-order valence-electron chi connectivity index (χ4n) is 2.97. The van der Waals surface area contributed by atoms with Crippen LogP contribution in [-0.2, 0) is 15.6 Å². The quantitative estimate of drug-likeness (QED) is 0.649. The number of carbonyl (C=O) groups excluding carboxylic acids is 2. The molecule has 0 saturated heterocycles. The molecule has 2 aromatic rings. The van der Waals surface area contributed by atoms with Gasteiger partial charge < -0.3 is 9.84 Å². The van der Waals surface area contributed by atoms with Crippen LogP contribution in [0.25, 0.3) is 0 Å². The minimum Gasteiger partial charge on any atom is -0.507 e. The van der Waals surface area contributed by atoms with E-state index in [-0.39, 0.29) is 28.9 Å². The largest absolute Gasteiger partial charge is 0.507 e. The van der Waals surface area contributed by atoms with E-state index < -0.39 is 11.8 Å². The third kappa shape index (κ3) is 5.98. The number of benzene rings is 2. The van der Waals surface area contributed by atoms with E-state index in [1.165, 1.54) is 0 Å². The van der Waals surface area contributed by atoms with Gasteiger partial charge in [0.05, 0.1) is 5.56 Å². The molecule has 0 aliphatic carbocycles. The summed E-state index contributed by atoms with van der Waals surface area (Å²) in [5.41, 5.74) is 5.85. The van der Waals surface area contributed by atoms with Gasteiger partial charge in [0, 0.05) is 16.7 Å². The maximum absolute atomic E-state index is 12.7. The average Bonchev–Trinajstić information content (AvgIpc) is 2.69. The van der Waals surface area contributed by atoms with Crippen LogP contribution in [-0.4, -0.2) is 23.5 Å². The minimum absolute atomic E-state index is 0.171. The first-order valence-corrected chi connectivity index (χ1v) is 9.93. The predicted octanol–water partition coefficient (Wildman–Crippen LogP) is 3.70. The summed E-state index contributed by atoms with van der Waals surface area (Å²) in [4.78, 5) is 24.8. The van der Waals surface area contributed by atoms with Crippen LogP contribution in [0.3, 0.4) is 0 Å². The number of rotatable bonds is 4. The van der Waals surface area contributed by atoms with Crippen molar-refractivity contribution in [1.29, 1.82) is 5.26 Å². The first kappa shape index (κ1) is 23.7. The first-order chi connectivity index (χ1) is 14.3. The van der Waals surface area contributed by atoms with Gasteiger partial charge in [0.2, 0.25) is 0 Å². The van der Waals surface area contributed by atoms with Crippen LogP contribution < -0.4 is 15.6 Å². The second kappa shape index (κ2) is 9.09. The molecule has 0 saturated carbocycles. The standard InChI is InChI=1S/C24H29N3O4/c1-23(2,3)17-11-16(12-18(21(17)29)24(4,5)6)22(30)27-26-20(28)14-31-19-10-8-7-9-15(19)13-25/h7-12,29H,14H2,1-6H3,(H,26,28)(H,27,30). The highest BCUT2D eigenvalue weighted by atomic mass is 16.5. The molecule has 0 spiro atoms. The van der Waals surface area contributed by atoms with Crippen LogP contribution in [0.5, 0.6) is 11.5 Å². The normalized spacial score (nSPS) is 11.4. The smallest absolute Gasteiger partial charge is 0.276 e. The summed E-state index contributed by atoms with van der Waals surface area (Å²) in [6, 6.07) is 11.8. The number of carbonyl (C=O) groups is 2. The number of nitrogens with zero attached hydrogens (tertiary/aromatic N) is 1. The van der Waals surface area contributed by atoms with Gasteiger partial charge in [-0.15, -0.1) is 0 Å². The van der Waals surface area contributed by atoms with Crippen LogP contribution in [0.4, 0.5) is 0 Å². The van der Waals surface area contributed by atoms with Gasteiger partial charge in [-0.3, -0.25) is 20.4 Å². The maximum atomic E-state index is 12.7. The van der Waals surface area contributed by atoms with Gasteiger partial charge in [-0.2, -0.15) is 5.26 Å². The fourth-order valence-corrected chi connectivity index (χ4v) is 2.97.